The summed E-state index contributed by atoms with van der Waals surface area (Å²) in [5.74, 6) is 1.22. The minimum atomic E-state index is -0.207. The lowest BCUT2D eigenvalue weighted by Crippen LogP contribution is -2.37. The fourth-order valence-electron chi connectivity index (χ4n) is 4.29. The Kier molecular flexibility index (Phi) is 8.13. The Morgan fingerprint density at radius 3 is 2.58 bits per heavy atom. The summed E-state index contributed by atoms with van der Waals surface area (Å²) < 4.78 is 12.6. The summed E-state index contributed by atoms with van der Waals surface area (Å²) in [6, 6.07) is 20.2. The summed E-state index contributed by atoms with van der Waals surface area (Å²) in [5, 5.41) is 13.7. The molecular weight excluding hydrogens is 480 g/mol. The van der Waals surface area contributed by atoms with E-state index in [0.717, 1.165) is 56.0 Å². The molecule has 3 heterocycles. The van der Waals surface area contributed by atoms with Crippen molar-refractivity contribution in [3.05, 3.63) is 94.5 Å². The van der Waals surface area contributed by atoms with Gasteiger partial charge < -0.3 is 9.47 Å². The van der Waals surface area contributed by atoms with Crippen LogP contribution in [0.2, 0.25) is 0 Å². The first kappa shape index (κ1) is 25.3. The van der Waals surface area contributed by atoms with Gasteiger partial charge >= 0.3 is 0 Å². The number of benzene rings is 2. The first-order chi connectivity index (χ1) is 18.7. The SMILES string of the molecule is N#Cc1cccc(-c2ccc(=O)n(Cc3cccc(-c4ncc(OCCCN5CCOCC5)cn4)c3)n2)c1. The number of nitriles is 1. The number of ether oxygens (including phenoxy) is 2. The summed E-state index contributed by atoms with van der Waals surface area (Å²) in [6.07, 6.45) is 4.31. The first-order valence-electron chi connectivity index (χ1n) is 12.6. The fraction of sp³-hybridized carbons (Fsp3) is 0.276. The Balaban J connectivity index is 1.23. The zero-order valence-electron chi connectivity index (χ0n) is 21.0. The van der Waals surface area contributed by atoms with Gasteiger partial charge in [-0.25, -0.2) is 14.6 Å². The van der Waals surface area contributed by atoms with Gasteiger partial charge in [-0.2, -0.15) is 10.4 Å². The third-order valence-electron chi connectivity index (χ3n) is 6.29. The Labute approximate surface area is 220 Å². The minimum Gasteiger partial charge on any atom is -0.490 e. The van der Waals surface area contributed by atoms with Gasteiger partial charge in [0, 0.05) is 36.8 Å². The second-order valence-electron chi connectivity index (χ2n) is 9.01. The largest absolute Gasteiger partial charge is 0.490 e. The molecule has 0 unspecified atom stereocenters. The zero-order valence-corrected chi connectivity index (χ0v) is 21.0. The van der Waals surface area contributed by atoms with E-state index in [1.54, 1.807) is 36.7 Å². The number of rotatable bonds is 9. The number of aromatic nitrogens is 4. The molecular formula is C29H28N6O3. The van der Waals surface area contributed by atoms with Gasteiger partial charge in [-0.1, -0.05) is 30.3 Å². The van der Waals surface area contributed by atoms with Gasteiger partial charge in [-0.3, -0.25) is 9.69 Å². The van der Waals surface area contributed by atoms with Crippen LogP contribution in [-0.4, -0.2) is 64.1 Å². The second-order valence-corrected chi connectivity index (χ2v) is 9.01. The Morgan fingerprint density at radius 1 is 0.974 bits per heavy atom. The van der Waals surface area contributed by atoms with E-state index in [2.05, 4.69) is 26.0 Å². The third kappa shape index (κ3) is 6.48. The van der Waals surface area contributed by atoms with E-state index in [-0.39, 0.29) is 5.56 Å². The van der Waals surface area contributed by atoms with E-state index in [0.29, 0.717) is 36.0 Å². The third-order valence-corrected chi connectivity index (χ3v) is 6.29. The van der Waals surface area contributed by atoms with Gasteiger partial charge in [-0.05, 0) is 36.2 Å². The van der Waals surface area contributed by atoms with E-state index in [9.17, 15) is 10.1 Å². The lowest BCUT2D eigenvalue weighted by atomic mass is 10.1. The minimum absolute atomic E-state index is 0.207. The molecule has 0 radical (unpaired) electrons. The molecule has 4 aromatic rings. The highest BCUT2D eigenvalue weighted by Crippen LogP contribution is 2.20. The fourth-order valence-corrected chi connectivity index (χ4v) is 4.29. The maximum atomic E-state index is 12.5. The lowest BCUT2D eigenvalue weighted by Gasteiger charge is -2.26. The predicted octanol–water partition coefficient (Wildman–Crippen LogP) is 3.39. The molecule has 1 aliphatic heterocycles. The van der Waals surface area contributed by atoms with Crippen molar-refractivity contribution in [2.75, 3.05) is 39.5 Å². The maximum Gasteiger partial charge on any atom is 0.267 e. The molecule has 0 spiro atoms. The molecule has 1 aliphatic rings. The molecule has 0 aliphatic carbocycles. The smallest absolute Gasteiger partial charge is 0.267 e. The normalized spacial score (nSPS) is 13.7. The van der Waals surface area contributed by atoms with Crippen LogP contribution in [-0.2, 0) is 11.3 Å². The van der Waals surface area contributed by atoms with E-state index in [4.69, 9.17) is 9.47 Å². The highest BCUT2D eigenvalue weighted by Gasteiger charge is 2.10. The number of hydrogen-bond acceptors (Lipinski definition) is 8. The quantitative estimate of drug-likeness (QED) is 0.317. The van der Waals surface area contributed by atoms with E-state index >= 15 is 0 Å². The van der Waals surface area contributed by atoms with Gasteiger partial charge in [0.25, 0.3) is 5.56 Å². The van der Waals surface area contributed by atoms with Crippen LogP contribution in [0.4, 0.5) is 0 Å². The van der Waals surface area contributed by atoms with Crippen molar-refractivity contribution in [2.45, 2.75) is 13.0 Å². The number of hydrogen-bond donors (Lipinski definition) is 0. The van der Waals surface area contributed by atoms with Crippen LogP contribution < -0.4 is 10.3 Å². The molecule has 1 fully saturated rings. The Bertz CT molecular complexity index is 1470. The van der Waals surface area contributed by atoms with Crippen molar-refractivity contribution < 1.29 is 9.47 Å². The Morgan fingerprint density at radius 2 is 1.76 bits per heavy atom. The van der Waals surface area contributed by atoms with Crippen LogP contribution in [0.5, 0.6) is 5.75 Å². The van der Waals surface area contributed by atoms with Crippen LogP contribution in [0.3, 0.4) is 0 Å². The van der Waals surface area contributed by atoms with Crippen LogP contribution in [0.1, 0.15) is 17.5 Å². The molecule has 9 nitrogen and oxygen atoms in total. The van der Waals surface area contributed by atoms with E-state index in [1.165, 1.54) is 10.7 Å². The summed E-state index contributed by atoms with van der Waals surface area (Å²) in [7, 11) is 0. The van der Waals surface area contributed by atoms with Gasteiger partial charge in [0.15, 0.2) is 11.6 Å². The molecule has 0 bridgehead atoms. The molecule has 0 saturated carbocycles. The van der Waals surface area contributed by atoms with Gasteiger partial charge in [0.2, 0.25) is 0 Å². The summed E-state index contributed by atoms with van der Waals surface area (Å²) in [6.45, 7) is 5.44. The molecule has 9 heteroatoms. The molecule has 5 rings (SSSR count). The van der Waals surface area contributed by atoms with Crippen LogP contribution in [0, 0.1) is 11.3 Å². The van der Waals surface area contributed by atoms with Crippen molar-refractivity contribution in [2.24, 2.45) is 0 Å². The molecule has 0 N–H and O–H groups in total. The zero-order chi connectivity index (χ0) is 26.2. The monoisotopic (exact) mass is 508 g/mol. The average Bonchev–Trinajstić information content (AvgIpc) is 2.97. The standard InChI is InChI=1S/C29H28N6O3/c30-18-22-4-1-6-24(16-22)27-8-9-28(36)35(33-27)21-23-5-2-7-25(17-23)29-31-19-26(20-32-29)38-13-3-10-34-11-14-37-15-12-34/h1-2,4-9,16-17,19-20H,3,10-15,21H2. The molecule has 38 heavy (non-hydrogen) atoms. The Hall–Kier alpha value is -4.39. The lowest BCUT2D eigenvalue weighted by molar-refractivity contribution is 0.0358. The molecule has 1 saturated heterocycles. The average molecular weight is 509 g/mol. The molecule has 0 amide bonds. The molecule has 192 valence electrons. The summed E-state index contributed by atoms with van der Waals surface area (Å²) >= 11 is 0. The topological polar surface area (TPSA) is 106 Å². The second kappa shape index (κ2) is 12.2. The highest BCUT2D eigenvalue weighted by atomic mass is 16.5. The van der Waals surface area contributed by atoms with Crippen molar-refractivity contribution in [1.82, 2.24) is 24.6 Å². The van der Waals surface area contributed by atoms with Gasteiger partial charge in [-0.15, -0.1) is 0 Å². The van der Waals surface area contributed by atoms with E-state index < -0.39 is 0 Å². The summed E-state index contributed by atoms with van der Waals surface area (Å²) in [5.41, 5.74) is 3.48. The maximum absolute atomic E-state index is 12.5. The predicted molar refractivity (Wildman–Crippen MR) is 143 cm³/mol. The molecule has 2 aromatic carbocycles. The van der Waals surface area contributed by atoms with Crippen LogP contribution >= 0.6 is 0 Å². The molecule has 2 aromatic heterocycles. The first-order valence-corrected chi connectivity index (χ1v) is 12.6. The van der Waals surface area contributed by atoms with Crippen molar-refractivity contribution >= 4 is 0 Å². The van der Waals surface area contributed by atoms with Crippen molar-refractivity contribution in [3.63, 3.8) is 0 Å². The number of nitrogens with zero attached hydrogens (tertiary/aromatic N) is 6. The summed E-state index contributed by atoms with van der Waals surface area (Å²) in [4.78, 5) is 23.9. The number of morpholine rings is 1. The van der Waals surface area contributed by atoms with Crippen LogP contribution in [0.25, 0.3) is 22.6 Å². The molecule has 0 atom stereocenters. The van der Waals surface area contributed by atoms with Crippen molar-refractivity contribution in [1.29, 1.82) is 5.26 Å². The van der Waals surface area contributed by atoms with E-state index in [1.807, 2.05) is 30.3 Å². The van der Waals surface area contributed by atoms with Gasteiger partial charge in [0.05, 0.1) is 56.1 Å². The highest BCUT2D eigenvalue weighted by molar-refractivity contribution is 5.60. The van der Waals surface area contributed by atoms with Crippen molar-refractivity contribution in [3.8, 4) is 34.5 Å². The van der Waals surface area contributed by atoms with Gasteiger partial charge in [0.1, 0.15) is 0 Å². The van der Waals surface area contributed by atoms with Crippen LogP contribution in [0.15, 0.2) is 77.9 Å².